The Morgan fingerprint density at radius 1 is 1.21 bits per heavy atom. The monoisotopic (exact) mass is 266 g/mol. The van der Waals surface area contributed by atoms with Crippen LogP contribution in [0.4, 0.5) is 0 Å². The first-order valence-corrected chi connectivity index (χ1v) is 5.63. The SMILES string of the molecule is CCOc1c(OC)cc(C=NN=C(N)N)cc1OC. The zero-order chi connectivity index (χ0) is 14.3. The molecule has 7 heteroatoms. The minimum atomic E-state index is -0.110. The predicted octanol–water partition coefficient (Wildman–Crippen LogP) is 0.710. The van der Waals surface area contributed by atoms with E-state index in [1.807, 2.05) is 6.92 Å². The van der Waals surface area contributed by atoms with Crippen LogP contribution >= 0.6 is 0 Å². The summed E-state index contributed by atoms with van der Waals surface area (Å²) in [5.41, 5.74) is 11.1. The fraction of sp³-hybridized carbons (Fsp3) is 0.333. The topological polar surface area (TPSA) is 104 Å². The van der Waals surface area contributed by atoms with E-state index in [2.05, 4.69) is 10.2 Å². The quantitative estimate of drug-likeness (QED) is 0.448. The van der Waals surface area contributed by atoms with Crippen molar-refractivity contribution in [1.29, 1.82) is 0 Å². The number of hydrogen-bond donors (Lipinski definition) is 2. The Morgan fingerprint density at radius 3 is 2.21 bits per heavy atom. The standard InChI is InChI=1S/C12H18N4O3/c1-4-19-11-9(17-2)5-8(6-10(11)18-3)7-15-16-12(13)14/h5-7H,4H2,1-3H3,(H4,13,14,16). The van der Waals surface area contributed by atoms with Crippen LogP contribution in [0.15, 0.2) is 22.3 Å². The maximum atomic E-state index is 5.49. The molecule has 0 radical (unpaired) electrons. The molecule has 0 aliphatic rings. The Balaban J connectivity index is 3.15. The number of nitrogens with zero attached hydrogens (tertiary/aromatic N) is 2. The number of ether oxygens (including phenoxy) is 3. The summed E-state index contributed by atoms with van der Waals surface area (Å²) in [4.78, 5) is 0. The third-order valence-corrected chi connectivity index (χ3v) is 2.15. The van der Waals surface area contributed by atoms with E-state index in [4.69, 9.17) is 25.7 Å². The largest absolute Gasteiger partial charge is 0.493 e. The second kappa shape index (κ2) is 7.10. The van der Waals surface area contributed by atoms with E-state index in [1.54, 1.807) is 26.4 Å². The third-order valence-electron chi connectivity index (χ3n) is 2.15. The van der Waals surface area contributed by atoms with Crippen LogP contribution in [0.5, 0.6) is 17.2 Å². The Labute approximate surface area is 111 Å². The smallest absolute Gasteiger partial charge is 0.211 e. The molecule has 0 heterocycles. The molecule has 0 saturated heterocycles. The van der Waals surface area contributed by atoms with Crippen molar-refractivity contribution in [2.45, 2.75) is 6.92 Å². The van der Waals surface area contributed by atoms with Crippen LogP contribution < -0.4 is 25.7 Å². The summed E-state index contributed by atoms with van der Waals surface area (Å²) in [5, 5.41) is 7.25. The van der Waals surface area contributed by atoms with Crippen molar-refractivity contribution in [3.63, 3.8) is 0 Å². The number of nitrogens with two attached hydrogens (primary N) is 2. The second-order valence-electron chi connectivity index (χ2n) is 3.46. The lowest BCUT2D eigenvalue weighted by Crippen LogP contribution is -2.21. The molecule has 0 aliphatic carbocycles. The molecule has 0 saturated carbocycles. The fourth-order valence-electron chi connectivity index (χ4n) is 1.42. The highest BCUT2D eigenvalue weighted by atomic mass is 16.5. The average molecular weight is 266 g/mol. The number of rotatable bonds is 6. The van der Waals surface area contributed by atoms with Crippen LogP contribution in [0.3, 0.4) is 0 Å². The van der Waals surface area contributed by atoms with E-state index in [1.165, 1.54) is 6.21 Å². The van der Waals surface area contributed by atoms with Crippen LogP contribution in [0.25, 0.3) is 0 Å². The van der Waals surface area contributed by atoms with E-state index in [0.717, 1.165) is 5.56 Å². The fourth-order valence-corrected chi connectivity index (χ4v) is 1.42. The summed E-state index contributed by atoms with van der Waals surface area (Å²) in [6.45, 7) is 2.39. The second-order valence-corrected chi connectivity index (χ2v) is 3.46. The van der Waals surface area contributed by atoms with E-state index in [0.29, 0.717) is 23.9 Å². The van der Waals surface area contributed by atoms with E-state index in [9.17, 15) is 0 Å². The first kappa shape index (κ1) is 14.6. The number of benzene rings is 1. The molecule has 7 nitrogen and oxygen atoms in total. The lowest BCUT2D eigenvalue weighted by Gasteiger charge is -2.13. The highest BCUT2D eigenvalue weighted by Gasteiger charge is 2.12. The molecule has 0 bridgehead atoms. The number of hydrogen-bond acceptors (Lipinski definition) is 5. The molecule has 1 rings (SSSR count). The van der Waals surface area contributed by atoms with Crippen LogP contribution in [0, 0.1) is 0 Å². The van der Waals surface area contributed by atoms with E-state index >= 15 is 0 Å². The first-order valence-electron chi connectivity index (χ1n) is 5.63. The average Bonchev–Trinajstić information content (AvgIpc) is 2.39. The van der Waals surface area contributed by atoms with Gasteiger partial charge in [0.15, 0.2) is 11.5 Å². The highest BCUT2D eigenvalue weighted by Crippen LogP contribution is 2.38. The van der Waals surface area contributed by atoms with E-state index < -0.39 is 0 Å². The summed E-state index contributed by atoms with van der Waals surface area (Å²) in [5.74, 6) is 1.53. The first-order chi connectivity index (χ1) is 9.12. The lowest BCUT2D eigenvalue weighted by atomic mass is 10.2. The van der Waals surface area contributed by atoms with Crippen molar-refractivity contribution < 1.29 is 14.2 Å². The van der Waals surface area contributed by atoms with Crippen LogP contribution in [-0.4, -0.2) is 33.0 Å². The van der Waals surface area contributed by atoms with E-state index in [-0.39, 0.29) is 5.96 Å². The molecule has 104 valence electrons. The van der Waals surface area contributed by atoms with Gasteiger partial charge in [0.1, 0.15) is 0 Å². The molecule has 0 aliphatic heterocycles. The molecule has 1 aromatic rings. The van der Waals surface area contributed by atoms with Gasteiger partial charge in [-0.15, -0.1) is 5.10 Å². The highest BCUT2D eigenvalue weighted by molar-refractivity contribution is 5.83. The van der Waals surface area contributed by atoms with Crippen LogP contribution in [-0.2, 0) is 0 Å². The van der Waals surface area contributed by atoms with Crippen molar-refractivity contribution in [2.75, 3.05) is 20.8 Å². The predicted molar refractivity (Wildman–Crippen MR) is 74.1 cm³/mol. The summed E-state index contributed by atoms with van der Waals surface area (Å²) in [7, 11) is 3.10. The minimum absolute atomic E-state index is 0.110. The molecular formula is C12H18N4O3. The van der Waals surface area contributed by atoms with Gasteiger partial charge in [0.2, 0.25) is 11.7 Å². The molecule has 0 unspecified atom stereocenters. The summed E-state index contributed by atoms with van der Waals surface area (Å²) in [6.07, 6.45) is 1.49. The summed E-state index contributed by atoms with van der Waals surface area (Å²) in [6, 6.07) is 3.50. The molecule has 0 fully saturated rings. The molecule has 0 aromatic heterocycles. The maximum Gasteiger partial charge on any atom is 0.211 e. The van der Waals surface area contributed by atoms with Gasteiger partial charge >= 0.3 is 0 Å². The van der Waals surface area contributed by atoms with Gasteiger partial charge in [-0.3, -0.25) is 0 Å². The Kier molecular flexibility index (Phi) is 5.46. The Bertz CT molecular complexity index is 457. The Hall–Kier alpha value is -2.44. The summed E-state index contributed by atoms with van der Waals surface area (Å²) >= 11 is 0. The van der Waals surface area contributed by atoms with Crippen LogP contribution in [0.2, 0.25) is 0 Å². The maximum absolute atomic E-state index is 5.49. The van der Waals surface area contributed by atoms with Gasteiger partial charge in [0.05, 0.1) is 27.0 Å². The molecule has 0 spiro atoms. The lowest BCUT2D eigenvalue weighted by molar-refractivity contribution is 0.288. The Morgan fingerprint density at radius 2 is 1.79 bits per heavy atom. The number of methoxy groups -OCH3 is 2. The van der Waals surface area contributed by atoms with Crippen molar-refractivity contribution in [1.82, 2.24) is 0 Å². The molecular weight excluding hydrogens is 248 g/mol. The van der Waals surface area contributed by atoms with Crippen molar-refractivity contribution in [3.8, 4) is 17.2 Å². The normalized spacial score (nSPS) is 10.3. The molecule has 0 amide bonds. The van der Waals surface area contributed by atoms with Crippen molar-refractivity contribution >= 4 is 12.2 Å². The van der Waals surface area contributed by atoms with Gasteiger partial charge in [-0.1, -0.05) is 0 Å². The van der Waals surface area contributed by atoms with Gasteiger partial charge in [0.25, 0.3) is 0 Å². The molecule has 19 heavy (non-hydrogen) atoms. The zero-order valence-corrected chi connectivity index (χ0v) is 11.2. The zero-order valence-electron chi connectivity index (χ0n) is 11.2. The van der Waals surface area contributed by atoms with Gasteiger partial charge in [-0.2, -0.15) is 5.10 Å². The van der Waals surface area contributed by atoms with Gasteiger partial charge in [-0.25, -0.2) is 0 Å². The van der Waals surface area contributed by atoms with Gasteiger partial charge in [0, 0.05) is 5.56 Å². The third kappa shape index (κ3) is 4.06. The molecule has 0 atom stereocenters. The summed E-state index contributed by atoms with van der Waals surface area (Å²) < 4.78 is 16.0. The molecule has 1 aromatic carbocycles. The van der Waals surface area contributed by atoms with Crippen molar-refractivity contribution in [3.05, 3.63) is 17.7 Å². The van der Waals surface area contributed by atoms with Gasteiger partial charge < -0.3 is 25.7 Å². The van der Waals surface area contributed by atoms with Gasteiger partial charge in [-0.05, 0) is 19.1 Å². The minimum Gasteiger partial charge on any atom is -0.493 e. The van der Waals surface area contributed by atoms with Crippen molar-refractivity contribution in [2.24, 2.45) is 21.7 Å². The van der Waals surface area contributed by atoms with Crippen LogP contribution in [0.1, 0.15) is 12.5 Å². The molecule has 4 N–H and O–H groups in total. The number of guanidine groups is 1.